The van der Waals surface area contributed by atoms with Gasteiger partial charge in [0.15, 0.2) is 0 Å². The van der Waals surface area contributed by atoms with Gasteiger partial charge in [-0.25, -0.2) is 0 Å². The van der Waals surface area contributed by atoms with Gasteiger partial charge in [0.1, 0.15) is 0 Å². The molecule has 2 heteroatoms. The molecule has 0 aromatic heterocycles. The van der Waals surface area contributed by atoms with Gasteiger partial charge >= 0.3 is 5.97 Å². The topological polar surface area (TPSA) is 37.3 Å². The van der Waals surface area contributed by atoms with E-state index in [9.17, 15) is 9.90 Å². The lowest BCUT2D eigenvalue weighted by Crippen LogP contribution is -2.40. The number of hydrogen-bond acceptors (Lipinski definition) is 1. The van der Waals surface area contributed by atoms with Gasteiger partial charge in [0, 0.05) is 0 Å². The number of fused-ring (bicyclic) bond motifs is 1. The Morgan fingerprint density at radius 1 is 1.24 bits per heavy atom. The van der Waals surface area contributed by atoms with Crippen LogP contribution in [0, 0.1) is 5.92 Å². The molecule has 1 aromatic carbocycles. The molecule has 2 nitrogen and oxygen atoms in total. The van der Waals surface area contributed by atoms with Crippen molar-refractivity contribution in [2.75, 3.05) is 0 Å². The van der Waals surface area contributed by atoms with E-state index in [1.807, 2.05) is 18.2 Å². The summed E-state index contributed by atoms with van der Waals surface area (Å²) >= 11 is 0. The standard InChI is InChI=1S/C15H18O2/c16-14(17)15(12-6-2-3-7-12)10-9-11-5-1-4-8-13(11)15/h1,4-5,8,12H,2-3,6-7,9-10H2,(H,16,17). The summed E-state index contributed by atoms with van der Waals surface area (Å²) < 4.78 is 0. The Balaban J connectivity index is 2.10. The number of aliphatic carboxylic acids is 1. The molecule has 90 valence electrons. The lowest BCUT2D eigenvalue weighted by Gasteiger charge is -2.32. The van der Waals surface area contributed by atoms with Crippen LogP contribution >= 0.6 is 0 Å². The molecule has 1 aromatic rings. The Morgan fingerprint density at radius 2 is 1.94 bits per heavy atom. The smallest absolute Gasteiger partial charge is 0.314 e. The third-order valence-corrected chi connectivity index (χ3v) is 4.72. The minimum absolute atomic E-state index is 0.351. The van der Waals surface area contributed by atoms with Gasteiger partial charge in [0.25, 0.3) is 0 Å². The van der Waals surface area contributed by atoms with Crippen molar-refractivity contribution in [2.24, 2.45) is 5.92 Å². The SMILES string of the molecule is O=C(O)C1(C2CCCC2)CCc2ccccc21. The van der Waals surface area contributed by atoms with Crippen molar-refractivity contribution in [1.82, 2.24) is 0 Å². The second-order valence-corrected chi connectivity index (χ2v) is 5.42. The van der Waals surface area contributed by atoms with Crippen LogP contribution in [0.25, 0.3) is 0 Å². The van der Waals surface area contributed by atoms with Crippen molar-refractivity contribution in [3.8, 4) is 0 Å². The fraction of sp³-hybridized carbons (Fsp3) is 0.533. The Kier molecular flexibility index (Phi) is 2.46. The molecule has 0 bridgehead atoms. The summed E-state index contributed by atoms with van der Waals surface area (Å²) in [5.41, 5.74) is 1.77. The summed E-state index contributed by atoms with van der Waals surface area (Å²) in [6, 6.07) is 8.13. The third-order valence-electron chi connectivity index (χ3n) is 4.72. The summed E-state index contributed by atoms with van der Waals surface area (Å²) in [5, 5.41) is 9.77. The molecule has 2 aliphatic rings. The van der Waals surface area contributed by atoms with Crippen LogP contribution in [0.15, 0.2) is 24.3 Å². The highest BCUT2D eigenvalue weighted by atomic mass is 16.4. The van der Waals surface area contributed by atoms with Crippen LogP contribution in [-0.4, -0.2) is 11.1 Å². The molecule has 3 rings (SSSR count). The van der Waals surface area contributed by atoms with Gasteiger partial charge < -0.3 is 5.11 Å². The van der Waals surface area contributed by atoms with Crippen LogP contribution in [-0.2, 0) is 16.6 Å². The predicted molar refractivity (Wildman–Crippen MR) is 66.0 cm³/mol. The normalized spacial score (nSPS) is 28.2. The Labute approximate surface area is 102 Å². The average Bonchev–Trinajstić information content (AvgIpc) is 2.96. The number of aryl methyl sites for hydroxylation is 1. The molecule has 0 saturated heterocycles. The van der Waals surface area contributed by atoms with E-state index in [4.69, 9.17) is 0 Å². The minimum Gasteiger partial charge on any atom is -0.481 e. The molecule has 2 aliphatic carbocycles. The van der Waals surface area contributed by atoms with Crippen molar-refractivity contribution in [3.63, 3.8) is 0 Å². The molecule has 0 spiro atoms. The molecule has 0 radical (unpaired) electrons. The van der Waals surface area contributed by atoms with Gasteiger partial charge in [0.2, 0.25) is 0 Å². The fourth-order valence-corrected chi connectivity index (χ4v) is 3.88. The molecule has 17 heavy (non-hydrogen) atoms. The monoisotopic (exact) mass is 230 g/mol. The molecule has 1 fully saturated rings. The number of carboxylic acids is 1. The van der Waals surface area contributed by atoms with E-state index >= 15 is 0 Å². The quantitative estimate of drug-likeness (QED) is 0.847. The van der Waals surface area contributed by atoms with Gasteiger partial charge in [0.05, 0.1) is 5.41 Å². The zero-order valence-corrected chi connectivity index (χ0v) is 9.98. The maximum atomic E-state index is 11.9. The van der Waals surface area contributed by atoms with Crippen LogP contribution in [0.1, 0.15) is 43.2 Å². The lowest BCUT2D eigenvalue weighted by molar-refractivity contribution is -0.146. The van der Waals surface area contributed by atoms with Gasteiger partial charge in [-0.1, -0.05) is 37.1 Å². The third kappa shape index (κ3) is 1.43. The second-order valence-electron chi connectivity index (χ2n) is 5.42. The molecule has 0 heterocycles. The van der Waals surface area contributed by atoms with Crippen molar-refractivity contribution in [1.29, 1.82) is 0 Å². The maximum absolute atomic E-state index is 11.9. The number of carboxylic acid groups (broad SMARTS) is 1. The van der Waals surface area contributed by atoms with Gasteiger partial charge in [-0.3, -0.25) is 4.79 Å². The zero-order chi connectivity index (χ0) is 11.9. The van der Waals surface area contributed by atoms with Crippen molar-refractivity contribution < 1.29 is 9.90 Å². The number of rotatable bonds is 2. The van der Waals surface area contributed by atoms with Crippen molar-refractivity contribution in [2.45, 2.75) is 43.9 Å². The molecular weight excluding hydrogens is 212 g/mol. The maximum Gasteiger partial charge on any atom is 0.314 e. The number of hydrogen-bond donors (Lipinski definition) is 1. The van der Waals surface area contributed by atoms with E-state index in [-0.39, 0.29) is 0 Å². The Morgan fingerprint density at radius 3 is 2.65 bits per heavy atom. The van der Waals surface area contributed by atoms with E-state index in [0.717, 1.165) is 31.2 Å². The van der Waals surface area contributed by atoms with Crippen molar-refractivity contribution >= 4 is 5.97 Å². The van der Waals surface area contributed by atoms with E-state index in [1.54, 1.807) is 0 Å². The average molecular weight is 230 g/mol. The summed E-state index contributed by atoms with van der Waals surface area (Å²) in [4.78, 5) is 11.9. The molecule has 0 amide bonds. The Hall–Kier alpha value is -1.31. The van der Waals surface area contributed by atoms with E-state index in [1.165, 1.54) is 18.4 Å². The van der Waals surface area contributed by atoms with E-state index < -0.39 is 11.4 Å². The summed E-state index contributed by atoms with van der Waals surface area (Å²) in [7, 11) is 0. The summed E-state index contributed by atoms with van der Waals surface area (Å²) in [5.74, 6) is -0.252. The first-order valence-corrected chi connectivity index (χ1v) is 6.57. The Bertz CT molecular complexity index is 446. The molecule has 1 unspecified atom stereocenters. The molecule has 0 aliphatic heterocycles. The van der Waals surface area contributed by atoms with Crippen LogP contribution < -0.4 is 0 Å². The van der Waals surface area contributed by atoms with Gasteiger partial charge in [-0.05, 0) is 42.7 Å². The van der Waals surface area contributed by atoms with E-state index in [2.05, 4.69) is 6.07 Å². The molecule has 1 saturated carbocycles. The zero-order valence-electron chi connectivity index (χ0n) is 9.98. The first-order chi connectivity index (χ1) is 8.25. The number of carbonyl (C=O) groups is 1. The van der Waals surface area contributed by atoms with Crippen LogP contribution in [0.5, 0.6) is 0 Å². The molecule has 1 N–H and O–H groups in total. The first-order valence-electron chi connectivity index (χ1n) is 6.57. The van der Waals surface area contributed by atoms with E-state index in [0.29, 0.717) is 5.92 Å². The molecular formula is C15H18O2. The lowest BCUT2D eigenvalue weighted by atomic mass is 9.70. The second kappa shape index (κ2) is 3.86. The minimum atomic E-state index is -0.602. The van der Waals surface area contributed by atoms with Crippen LogP contribution in [0.3, 0.4) is 0 Å². The van der Waals surface area contributed by atoms with Crippen LogP contribution in [0.2, 0.25) is 0 Å². The molecule has 1 atom stereocenters. The fourth-order valence-electron chi connectivity index (χ4n) is 3.88. The van der Waals surface area contributed by atoms with Gasteiger partial charge in [-0.15, -0.1) is 0 Å². The van der Waals surface area contributed by atoms with Crippen LogP contribution in [0.4, 0.5) is 0 Å². The first kappa shape index (κ1) is 10.8. The highest BCUT2D eigenvalue weighted by Gasteiger charge is 2.51. The summed E-state index contributed by atoms with van der Waals surface area (Å²) in [6.07, 6.45) is 6.29. The summed E-state index contributed by atoms with van der Waals surface area (Å²) in [6.45, 7) is 0. The highest BCUT2D eigenvalue weighted by Crippen LogP contribution is 2.50. The largest absolute Gasteiger partial charge is 0.481 e. The van der Waals surface area contributed by atoms with Crippen molar-refractivity contribution in [3.05, 3.63) is 35.4 Å². The predicted octanol–water partition coefficient (Wildman–Crippen LogP) is 3.15. The van der Waals surface area contributed by atoms with Gasteiger partial charge in [-0.2, -0.15) is 0 Å². The highest BCUT2D eigenvalue weighted by molar-refractivity contribution is 5.83. The number of benzene rings is 1.